The molecule has 0 amide bonds. The monoisotopic (exact) mass is 262 g/mol. The minimum Gasteiger partial charge on any atom is -0.493 e. The van der Waals surface area contributed by atoms with Crippen molar-refractivity contribution in [3.05, 3.63) is 23.8 Å². The second kappa shape index (κ2) is 5.39. The number of likely N-dealkylation sites (N-methyl/N-ethyl adjacent to an activating group) is 1. The molecular formula is C15H22N2O2. The third-order valence-corrected chi connectivity index (χ3v) is 4.04. The van der Waals surface area contributed by atoms with Gasteiger partial charge in [0, 0.05) is 19.6 Å². The van der Waals surface area contributed by atoms with E-state index in [-0.39, 0.29) is 0 Å². The van der Waals surface area contributed by atoms with Crippen LogP contribution in [-0.2, 0) is 0 Å². The van der Waals surface area contributed by atoms with E-state index in [1.54, 1.807) is 7.11 Å². The third kappa shape index (κ3) is 2.69. The number of likely N-dealkylation sites (tertiary alicyclic amines) is 1. The van der Waals surface area contributed by atoms with Crippen LogP contribution in [0.3, 0.4) is 0 Å². The van der Waals surface area contributed by atoms with Gasteiger partial charge >= 0.3 is 0 Å². The maximum atomic E-state index is 6.06. The second-order valence-corrected chi connectivity index (χ2v) is 5.56. The lowest BCUT2D eigenvalue weighted by Crippen LogP contribution is -2.51. The van der Waals surface area contributed by atoms with E-state index in [4.69, 9.17) is 9.47 Å². The first-order valence-electron chi connectivity index (χ1n) is 7.00. The molecule has 2 heterocycles. The molecule has 1 N–H and O–H groups in total. The lowest BCUT2D eigenvalue weighted by molar-refractivity contribution is 0.0369. The molecule has 1 unspecified atom stereocenters. The SMILES string of the molecule is COc1ccc(C2CCNC2)cc1OC1CN(C)C1. The van der Waals surface area contributed by atoms with Crippen molar-refractivity contribution in [2.45, 2.75) is 18.4 Å². The van der Waals surface area contributed by atoms with Crippen LogP contribution in [0.1, 0.15) is 17.9 Å². The molecule has 0 spiro atoms. The maximum Gasteiger partial charge on any atom is 0.162 e. The fourth-order valence-electron chi connectivity index (χ4n) is 2.87. The molecule has 0 bridgehead atoms. The van der Waals surface area contributed by atoms with Crippen LogP contribution in [0.25, 0.3) is 0 Å². The molecule has 4 nitrogen and oxygen atoms in total. The van der Waals surface area contributed by atoms with Crippen LogP contribution in [0, 0.1) is 0 Å². The van der Waals surface area contributed by atoms with Crippen molar-refractivity contribution in [1.29, 1.82) is 0 Å². The summed E-state index contributed by atoms with van der Waals surface area (Å²) in [4.78, 5) is 2.25. The summed E-state index contributed by atoms with van der Waals surface area (Å²) in [7, 11) is 3.81. The van der Waals surface area contributed by atoms with Gasteiger partial charge in [-0.25, -0.2) is 0 Å². The van der Waals surface area contributed by atoms with Crippen molar-refractivity contribution in [3.8, 4) is 11.5 Å². The molecule has 1 aromatic carbocycles. The Balaban J connectivity index is 1.76. The number of benzene rings is 1. The van der Waals surface area contributed by atoms with Crippen molar-refractivity contribution in [1.82, 2.24) is 10.2 Å². The van der Waals surface area contributed by atoms with Gasteiger partial charge < -0.3 is 14.8 Å². The topological polar surface area (TPSA) is 33.7 Å². The molecule has 2 saturated heterocycles. The van der Waals surface area contributed by atoms with Gasteiger partial charge in [0.1, 0.15) is 6.10 Å². The summed E-state index contributed by atoms with van der Waals surface area (Å²) < 4.78 is 11.5. The van der Waals surface area contributed by atoms with Gasteiger partial charge in [-0.3, -0.25) is 4.90 Å². The third-order valence-electron chi connectivity index (χ3n) is 4.04. The molecule has 2 aliphatic heterocycles. The van der Waals surface area contributed by atoms with Crippen LogP contribution in [0.4, 0.5) is 0 Å². The van der Waals surface area contributed by atoms with Gasteiger partial charge in [0.25, 0.3) is 0 Å². The Morgan fingerprint density at radius 3 is 2.74 bits per heavy atom. The molecule has 0 aliphatic carbocycles. The number of rotatable bonds is 4. The highest BCUT2D eigenvalue weighted by Crippen LogP contribution is 2.34. The highest BCUT2D eigenvalue weighted by atomic mass is 16.5. The summed E-state index contributed by atoms with van der Waals surface area (Å²) in [5.41, 5.74) is 1.36. The summed E-state index contributed by atoms with van der Waals surface area (Å²) in [6, 6.07) is 6.36. The maximum absolute atomic E-state index is 6.06. The highest BCUT2D eigenvalue weighted by Gasteiger charge is 2.26. The summed E-state index contributed by atoms with van der Waals surface area (Å²) in [5.74, 6) is 2.34. The Hall–Kier alpha value is -1.26. The largest absolute Gasteiger partial charge is 0.493 e. The van der Waals surface area contributed by atoms with E-state index in [9.17, 15) is 0 Å². The van der Waals surface area contributed by atoms with E-state index < -0.39 is 0 Å². The van der Waals surface area contributed by atoms with Gasteiger partial charge in [0.15, 0.2) is 11.5 Å². The Bertz CT molecular complexity index is 438. The van der Waals surface area contributed by atoms with Crippen LogP contribution < -0.4 is 14.8 Å². The zero-order valence-corrected chi connectivity index (χ0v) is 11.7. The highest BCUT2D eigenvalue weighted by molar-refractivity contribution is 5.44. The fraction of sp³-hybridized carbons (Fsp3) is 0.600. The Labute approximate surface area is 114 Å². The fourth-order valence-corrected chi connectivity index (χ4v) is 2.87. The summed E-state index contributed by atoms with van der Waals surface area (Å²) >= 11 is 0. The molecule has 4 heteroatoms. The molecule has 0 aromatic heterocycles. The van der Waals surface area contributed by atoms with Crippen molar-refractivity contribution in [3.63, 3.8) is 0 Å². The lowest BCUT2D eigenvalue weighted by Gasteiger charge is -2.36. The van der Waals surface area contributed by atoms with Gasteiger partial charge in [-0.2, -0.15) is 0 Å². The van der Waals surface area contributed by atoms with Crippen LogP contribution >= 0.6 is 0 Å². The van der Waals surface area contributed by atoms with Crippen molar-refractivity contribution in [2.75, 3.05) is 40.3 Å². The number of nitrogens with zero attached hydrogens (tertiary/aromatic N) is 1. The molecule has 2 aliphatic rings. The smallest absolute Gasteiger partial charge is 0.162 e. The molecule has 1 atom stereocenters. The quantitative estimate of drug-likeness (QED) is 0.891. The number of nitrogens with one attached hydrogen (secondary N) is 1. The van der Waals surface area contributed by atoms with E-state index in [0.29, 0.717) is 12.0 Å². The van der Waals surface area contributed by atoms with E-state index in [0.717, 1.165) is 37.7 Å². The number of ether oxygens (including phenoxy) is 2. The molecule has 2 fully saturated rings. The van der Waals surface area contributed by atoms with E-state index in [1.165, 1.54) is 12.0 Å². The zero-order chi connectivity index (χ0) is 13.2. The average Bonchev–Trinajstić information content (AvgIpc) is 2.90. The molecule has 1 aromatic rings. The van der Waals surface area contributed by atoms with Gasteiger partial charge in [0.05, 0.1) is 7.11 Å². The van der Waals surface area contributed by atoms with Crippen LogP contribution in [0.2, 0.25) is 0 Å². The van der Waals surface area contributed by atoms with Gasteiger partial charge in [0.2, 0.25) is 0 Å². The minimum absolute atomic E-state index is 0.302. The van der Waals surface area contributed by atoms with E-state index in [1.807, 2.05) is 6.07 Å². The van der Waals surface area contributed by atoms with Crippen molar-refractivity contribution >= 4 is 0 Å². The Kier molecular flexibility index (Phi) is 3.62. The summed E-state index contributed by atoms with van der Waals surface area (Å²) in [5, 5.41) is 3.41. The van der Waals surface area contributed by atoms with Gasteiger partial charge in [-0.1, -0.05) is 6.07 Å². The molecule has 3 rings (SSSR count). The number of methoxy groups -OCH3 is 1. The van der Waals surface area contributed by atoms with Gasteiger partial charge in [-0.05, 0) is 43.6 Å². The minimum atomic E-state index is 0.302. The van der Waals surface area contributed by atoms with Crippen LogP contribution in [0.5, 0.6) is 11.5 Å². The number of hydrogen-bond donors (Lipinski definition) is 1. The zero-order valence-electron chi connectivity index (χ0n) is 11.7. The molecule has 104 valence electrons. The van der Waals surface area contributed by atoms with E-state index in [2.05, 4.69) is 29.4 Å². The first-order valence-corrected chi connectivity index (χ1v) is 7.00. The average molecular weight is 262 g/mol. The second-order valence-electron chi connectivity index (χ2n) is 5.56. The Morgan fingerprint density at radius 2 is 2.11 bits per heavy atom. The van der Waals surface area contributed by atoms with Crippen LogP contribution in [-0.4, -0.2) is 51.3 Å². The first kappa shape index (κ1) is 12.8. The molecule has 19 heavy (non-hydrogen) atoms. The predicted molar refractivity (Wildman–Crippen MR) is 75.1 cm³/mol. The summed E-state index contributed by atoms with van der Waals surface area (Å²) in [6.07, 6.45) is 1.51. The van der Waals surface area contributed by atoms with E-state index >= 15 is 0 Å². The Morgan fingerprint density at radius 1 is 1.26 bits per heavy atom. The van der Waals surface area contributed by atoms with Crippen molar-refractivity contribution in [2.24, 2.45) is 0 Å². The predicted octanol–water partition coefficient (Wildman–Crippen LogP) is 1.46. The normalized spacial score (nSPS) is 24.2. The van der Waals surface area contributed by atoms with Crippen LogP contribution in [0.15, 0.2) is 18.2 Å². The number of hydrogen-bond acceptors (Lipinski definition) is 4. The molecule has 0 radical (unpaired) electrons. The van der Waals surface area contributed by atoms with Gasteiger partial charge in [-0.15, -0.1) is 0 Å². The summed E-state index contributed by atoms with van der Waals surface area (Å²) in [6.45, 7) is 4.18. The van der Waals surface area contributed by atoms with Crippen molar-refractivity contribution < 1.29 is 9.47 Å². The molecular weight excluding hydrogens is 240 g/mol. The standard InChI is InChI=1S/C15H22N2O2/c1-17-9-13(10-17)19-15-7-11(3-4-14(15)18-2)12-5-6-16-8-12/h3-4,7,12-13,16H,5-6,8-10H2,1-2H3. The molecule has 0 saturated carbocycles. The lowest BCUT2D eigenvalue weighted by atomic mass is 9.98. The first-order chi connectivity index (χ1) is 9.26.